The molecule has 1 heterocycles. The number of likely N-dealkylation sites (N-methyl/N-ethyl adjacent to an activating group) is 1. The normalized spacial score (nSPS) is 20.5. The van der Waals surface area contributed by atoms with Crippen LogP contribution in [0.15, 0.2) is 0 Å². The van der Waals surface area contributed by atoms with E-state index in [0.717, 1.165) is 26.0 Å². The van der Waals surface area contributed by atoms with Crippen LogP contribution in [-0.2, 0) is 9.53 Å². The van der Waals surface area contributed by atoms with Gasteiger partial charge in [0.05, 0.1) is 12.5 Å². The molecule has 5 heteroatoms. The largest absolute Gasteiger partial charge is 0.378 e. The molecule has 0 aromatic heterocycles. The first-order valence-corrected chi connectivity index (χ1v) is 5.36. The van der Waals surface area contributed by atoms with Crippen LogP contribution in [0.25, 0.3) is 0 Å². The van der Waals surface area contributed by atoms with Crippen molar-refractivity contribution in [2.45, 2.75) is 31.8 Å². The molecule has 0 aliphatic carbocycles. The Morgan fingerprint density at radius 3 is 2.80 bits per heavy atom. The van der Waals surface area contributed by atoms with Crippen LogP contribution in [0.5, 0.6) is 0 Å². The third kappa shape index (κ3) is 6.71. The molecular formula is C10H21ClN2O2. The van der Waals surface area contributed by atoms with Gasteiger partial charge in [0.25, 0.3) is 0 Å². The molecule has 0 aromatic rings. The molecule has 1 rings (SSSR count). The Bertz CT molecular complexity index is 173. The van der Waals surface area contributed by atoms with E-state index in [2.05, 4.69) is 10.6 Å². The van der Waals surface area contributed by atoms with E-state index >= 15 is 0 Å². The quantitative estimate of drug-likeness (QED) is 0.691. The van der Waals surface area contributed by atoms with Gasteiger partial charge in [-0.1, -0.05) is 0 Å². The van der Waals surface area contributed by atoms with Crippen molar-refractivity contribution in [1.82, 2.24) is 10.6 Å². The van der Waals surface area contributed by atoms with Crippen molar-refractivity contribution in [3.05, 3.63) is 0 Å². The summed E-state index contributed by atoms with van der Waals surface area (Å²) >= 11 is 0. The minimum atomic E-state index is 0. The van der Waals surface area contributed by atoms with Gasteiger partial charge in [-0.25, -0.2) is 0 Å². The molecule has 0 radical (unpaired) electrons. The molecule has 0 bridgehead atoms. The lowest BCUT2D eigenvalue weighted by molar-refractivity contribution is -0.124. The Morgan fingerprint density at radius 2 is 2.20 bits per heavy atom. The summed E-state index contributed by atoms with van der Waals surface area (Å²) in [7, 11) is 1.87. The van der Waals surface area contributed by atoms with Gasteiger partial charge in [0, 0.05) is 19.7 Å². The minimum Gasteiger partial charge on any atom is -0.378 e. The molecule has 1 fully saturated rings. The predicted molar refractivity (Wildman–Crippen MR) is 62.4 cm³/mol. The number of hydrogen-bond donors (Lipinski definition) is 2. The van der Waals surface area contributed by atoms with Gasteiger partial charge in [0.2, 0.25) is 5.91 Å². The summed E-state index contributed by atoms with van der Waals surface area (Å²) in [5.74, 6) is 0.104. The van der Waals surface area contributed by atoms with E-state index in [0.29, 0.717) is 13.0 Å². The summed E-state index contributed by atoms with van der Waals surface area (Å²) in [6.45, 7) is 2.33. The molecule has 0 spiro atoms. The van der Waals surface area contributed by atoms with E-state index in [9.17, 15) is 4.79 Å². The van der Waals surface area contributed by atoms with Gasteiger partial charge in [0.1, 0.15) is 0 Å². The molecule has 1 unspecified atom stereocenters. The van der Waals surface area contributed by atoms with E-state index in [1.165, 1.54) is 6.42 Å². The lowest BCUT2D eigenvalue weighted by Crippen LogP contribution is -2.34. The summed E-state index contributed by atoms with van der Waals surface area (Å²) in [5.41, 5.74) is 0. The number of rotatable bonds is 5. The van der Waals surface area contributed by atoms with Gasteiger partial charge < -0.3 is 15.4 Å². The highest BCUT2D eigenvalue weighted by atomic mass is 35.5. The molecule has 1 amide bonds. The zero-order valence-corrected chi connectivity index (χ0v) is 10.1. The Kier molecular flexibility index (Phi) is 8.76. The van der Waals surface area contributed by atoms with Crippen molar-refractivity contribution in [3.63, 3.8) is 0 Å². The summed E-state index contributed by atoms with van der Waals surface area (Å²) in [5, 5.41) is 5.83. The lowest BCUT2D eigenvalue weighted by atomic mass is 10.1. The van der Waals surface area contributed by atoms with Gasteiger partial charge in [0.15, 0.2) is 0 Å². The fourth-order valence-electron chi connectivity index (χ4n) is 1.57. The number of carbonyl (C=O) groups excluding carboxylic acids is 1. The Balaban J connectivity index is 0.00000196. The molecule has 2 N–H and O–H groups in total. The summed E-state index contributed by atoms with van der Waals surface area (Å²) < 4.78 is 5.48. The molecule has 1 aliphatic rings. The summed E-state index contributed by atoms with van der Waals surface area (Å²) in [6.07, 6.45) is 4.02. The Morgan fingerprint density at radius 1 is 1.40 bits per heavy atom. The van der Waals surface area contributed by atoms with Gasteiger partial charge in [-0.05, 0) is 26.3 Å². The number of nitrogens with one attached hydrogen (secondary N) is 2. The maximum atomic E-state index is 11.4. The molecule has 15 heavy (non-hydrogen) atoms. The van der Waals surface area contributed by atoms with Crippen LogP contribution < -0.4 is 10.6 Å². The maximum absolute atomic E-state index is 11.4. The van der Waals surface area contributed by atoms with Crippen LogP contribution in [0.2, 0.25) is 0 Å². The van der Waals surface area contributed by atoms with Crippen LogP contribution in [0, 0.1) is 0 Å². The number of carbonyl (C=O) groups is 1. The molecule has 1 atom stereocenters. The van der Waals surface area contributed by atoms with Crippen molar-refractivity contribution in [3.8, 4) is 0 Å². The number of hydrogen-bond acceptors (Lipinski definition) is 3. The van der Waals surface area contributed by atoms with Gasteiger partial charge in [-0.2, -0.15) is 0 Å². The van der Waals surface area contributed by atoms with Gasteiger partial charge >= 0.3 is 0 Å². The van der Waals surface area contributed by atoms with Crippen molar-refractivity contribution in [2.24, 2.45) is 0 Å². The predicted octanol–water partition coefficient (Wildman–Crippen LogP) is 0.703. The third-order valence-corrected chi connectivity index (χ3v) is 2.38. The fourth-order valence-corrected chi connectivity index (χ4v) is 1.57. The maximum Gasteiger partial charge on any atom is 0.222 e. The number of amides is 1. The second-order valence-electron chi connectivity index (χ2n) is 3.65. The van der Waals surface area contributed by atoms with Crippen LogP contribution in [-0.4, -0.2) is 38.8 Å². The first-order valence-electron chi connectivity index (χ1n) is 5.36. The van der Waals surface area contributed by atoms with Crippen molar-refractivity contribution in [2.75, 3.05) is 26.7 Å². The van der Waals surface area contributed by atoms with Crippen molar-refractivity contribution in [1.29, 1.82) is 0 Å². The monoisotopic (exact) mass is 236 g/mol. The molecule has 0 saturated carbocycles. The standard InChI is InChI=1S/C10H20N2O2.ClH/c1-11-5-6-12-10(13)8-9-4-2-3-7-14-9;/h9,11H,2-8H2,1H3,(H,12,13);1H. The molecule has 0 aromatic carbocycles. The van der Waals surface area contributed by atoms with E-state index in [1.807, 2.05) is 7.05 Å². The Hall–Kier alpha value is -0.320. The average molecular weight is 237 g/mol. The van der Waals surface area contributed by atoms with E-state index in [4.69, 9.17) is 4.74 Å². The zero-order chi connectivity index (χ0) is 10.2. The highest BCUT2D eigenvalue weighted by molar-refractivity contribution is 5.85. The van der Waals surface area contributed by atoms with Crippen molar-refractivity contribution >= 4 is 18.3 Å². The SMILES string of the molecule is CNCCNC(=O)CC1CCCCO1.Cl. The van der Waals surface area contributed by atoms with Crippen LogP contribution >= 0.6 is 12.4 Å². The highest BCUT2D eigenvalue weighted by Gasteiger charge is 2.16. The highest BCUT2D eigenvalue weighted by Crippen LogP contribution is 2.15. The summed E-state index contributed by atoms with van der Waals surface area (Å²) in [4.78, 5) is 11.4. The smallest absolute Gasteiger partial charge is 0.222 e. The van der Waals surface area contributed by atoms with E-state index in [-0.39, 0.29) is 24.4 Å². The lowest BCUT2D eigenvalue weighted by Gasteiger charge is -2.21. The molecule has 4 nitrogen and oxygen atoms in total. The topological polar surface area (TPSA) is 50.4 Å². The molecule has 1 saturated heterocycles. The summed E-state index contributed by atoms with van der Waals surface area (Å²) in [6, 6.07) is 0. The minimum absolute atomic E-state index is 0. The van der Waals surface area contributed by atoms with Crippen LogP contribution in [0.4, 0.5) is 0 Å². The van der Waals surface area contributed by atoms with Crippen molar-refractivity contribution < 1.29 is 9.53 Å². The molecular weight excluding hydrogens is 216 g/mol. The van der Waals surface area contributed by atoms with Crippen LogP contribution in [0.3, 0.4) is 0 Å². The second-order valence-corrected chi connectivity index (χ2v) is 3.65. The number of ether oxygens (including phenoxy) is 1. The second kappa shape index (κ2) is 8.95. The molecule has 1 aliphatic heterocycles. The number of halogens is 1. The van der Waals surface area contributed by atoms with Crippen LogP contribution in [0.1, 0.15) is 25.7 Å². The van der Waals surface area contributed by atoms with Gasteiger partial charge in [-0.3, -0.25) is 4.79 Å². The third-order valence-electron chi connectivity index (χ3n) is 2.38. The van der Waals surface area contributed by atoms with E-state index < -0.39 is 0 Å². The first kappa shape index (κ1) is 14.7. The van der Waals surface area contributed by atoms with E-state index in [1.54, 1.807) is 0 Å². The fraction of sp³-hybridized carbons (Fsp3) is 0.900. The first-order chi connectivity index (χ1) is 6.83. The zero-order valence-electron chi connectivity index (χ0n) is 9.25. The molecule has 90 valence electrons. The van der Waals surface area contributed by atoms with Gasteiger partial charge in [-0.15, -0.1) is 12.4 Å². The Labute approximate surface area is 97.5 Å². The average Bonchev–Trinajstić information content (AvgIpc) is 2.20.